The van der Waals surface area contributed by atoms with Gasteiger partial charge < -0.3 is 14.4 Å². The summed E-state index contributed by atoms with van der Waals surface area (Å²) in [4.78, 5) is 14.7. The predicted octanol–water partition coefficient (Wildman–Crippen LogP) is 1.99. The molecule has 1 fully saturated rings. The number of ether oxygens (including phenoxy) is 2. The van der Waals surface area contributed by atoms with Crippen molar-refractivity contribution in [2.45, 2.75) is 38.1 Å². The average Bonchev–Trinajstić information content (AvgIpc) is 2.68. The molecule has 2 aromatic rings. The lowest BCUT2D eigenvalue weighted by Gasteiger charge is -2.35. The van der Waals surface area contributed by atoms with Crippen LogP contribution in [0.4, 0.5) is 0 Å². The summed E-state index contributed by atoms with van der Waals surface area (Å²) in [7, 11) is 0. The van der Waals surface area contributed by atoms with Crippen molar-refractivity contribution in [2.24, 2.45) is 0 Å². The molecule has 6 heteroatoms. The normalized spacial score (nSPS) is 23.0. The largest absolute Gasteiger partial charge is 0.471 e. The number of amides is 1. The molecule has 1 aromatic carbocycles. The summed E-state index contributed by atoms with van der Waals surface area (Å²) in [6.45, 7) is 1.82. The van der Waals surface area contributed by atoms with Crippen molar-refractivity contribution in [2.75, 3.05) is 13.1 Å². The number of hydrogen-bond donors (Lipinski definition) is 0. The van der Waals surface area contributed by atoms with E-state index in [1.54, 1.807) is 18.3 Å². The van der Waals surface area contributed by atoms with Crippen LogP contribution in [0.25, 0.3) is 0 Å². The first-order chi connectivity index (χ1) is 12.3. The standard InChI is InChI=1S/C19H21N3O3/c23-19(17-11-14-5-1-2-6-15(14)13-24-17)22-10-4-7-16(12-22)25-18-8-3-9-20-21-18/h1-3,5-6,8-9,16-17H,4,7,10-13H2/t16-,17+/m1/s1. The van der Waals surface area contributed by atoms with Crippen molar-refractivity contribution in [3.05, 3.63) is 53.7 Å². The van der Waals surface area contributed by atoms with Crippen molar-refractivity contribution in [1.29, 1.82) is 0 Å². The summed E-state index contributed by atoms with van der Waals surface area (Å²) in [5.41, 5.74) is 2.38. The number of rotatable bonds is 3. The molecule has 25 heavy (non-hydrogen) atoms. The number of likely N-dealkylation sites (tertiary alicyclic amines) is 1. The number of carbonyl (C=O) groups is 1. The smallest absolute Gasteiger partial charge is 0.252 e. The first-order valence-electron chi connectivity index (χ1n) is 8.71. The van der Waals surface area contributed by atoms with Gasteiger partial charge in [-0.15, -0.1) is 5.10 Å². The lowest BCUT2D eigenvalue weighted by atomic mass is 9.98. The van der Waals surface area contributed by atoms with Crippen molar-refractivity contribution in [1.82, 2.24) is 15.1 Å². The number of benzene rings is 1. The van der Waals surface area contributed by atoms with Crippen LogP contribution in [-0.2, 0) is 22.6 Å². The van der Waals surface area contributed by atoms with Gasteiger partial charge in [0.1, 0.15) is 12.2 Å². The Morgan fingerprint density at radius 3 is 2.92 bits per heavy atom. The second-order valence-electron chi connectivity index (χ2n) is 6.50. The van der Waals surface area contributed by atoms with Gasteiger partial charge in [-0.3, -0.25) is 4.79 Å². The molecule has 0 aliphatic carbocycles. The van der Waals surface area contributed by atoms with Crippen LogP contribution in [0.1, 0.15) is 24.0 Å². The molecular formula is C19H21N3O3. The molecule has 3 heterocycles. The zero-order valence-corrected chi connectivity index (χ0v) is 14.0. The molecule has 0 radical (unpaired) electrons. The number of piperidine rings is 1. The van der Waals surface area contributed by atoms with Gasteiger partial charge >= 0.3 is 0 Å². The van der Waals surface area contributed by atoms with E-state index in [0.717, 1.165) is 19.4 Å². The second-order valence-corrected chi connectivity index (χ2v) is 6.50. The molecule has 0 N–H and O–H groups in total. The van der Waals surface area contributed by atoms with Gasteiger partial charge in [0.25, 0.3) is 5.91 Å². The Balaban J connectivity index is 1.39. The van der Waals surface area contributed by atoms with Crippen molar-refractivity contribution < 1.29 is 14.3 Å². The van der Waals surface area contributed by atoms with E-state index in [1.165, 1.54) is 11.1 Å². The molecule has 1 aromatic heterocycles. The third-order valence-corrected chi connectivity index (χ3v) is 4.76. The Bertz CT molecular complexity index is 738. The van der Waals surface area contributed by atoms with Crippen LogP contribution in [-0.4, -0.2) is 46.3 Å². The molecule has 6 nitrogen and oxygen atoms in total. The van der Waals surface area contributed by atoms with E-state index in [2.05, 4.69) is 22.3 Å². The van der Waals surface area contributed by atoms with Crippen molar-refractivity contribution in [3.8, 4) is 5.88 Å². The lowest BCUT2D eigenvalue weighted by Crippen LogP contribution is -2.49. The highest BCUT2D eigenvalue weighted by Gasteiger charge is 2.32. The Morgan fingerprint density at radius 1 is 1.20 bits per heavy atom. The van der Waals surface area contributed by atoms with Crippen LogP contribution < -0.4 is 4.74 Å². The summed E-state index contributed by atoms with van der Waals surface area (Å²) < 4.78 is 11.7. The van der Waals surface area contributed by atoms with E-state index in [-0.39, 0.29) is 12.0 Å². The average molecular weight is 339 g/mol. The molecule has 0 spiro atoms. The van der Waals surface area contributed by atoms with E-state index in [0.29, 0.717) is 25.5 Å². The highest BCUT2D eigenvalue weighted by Crippen LogP contribution is 2.23. The molecule has 4 rings (SSSR count). The van der Waals surface area contributed by atoms with E-state index < -0.39 is 6.10 Å². The Labute approximate surface area is 146 Å². The third kappa shape index (κ3) is 3.64. The van der Waals surface area contributed by atoms with Gasteiger partial charge in [0.15, 0.2) is 0 Å². The number of carbonyl (C=O) groups excluding carboxylic acids is 1. The highest BCUT2D eigenvalue weighted by atomic mass is 16.5. The van der Waals surface area contributed by atoms with Gasteiger partial charge in [-0.05, 0) is 30.0 Å². The van der Waals surface area contributed by atoms with Gasteiger partial charge in [0.2, 0.25) is 5.88 Å². The monoisotopic (exact) mass is 339 g/mol. The maximum absolute atomic E-state index is 12.9. The van der Waals surface area contributed by atoms with Crippen LogP contribution in [0.3, 0.4) is 0 Å². The summed E-state index contributed by atoms with van der Waals surface area (Å²) in [6.07, 6.45) is 3.63. The summed E-state index contributed by atoms with van der Waals surface area (Å²) in [5.74, 6) is 0.562. The molecule has 2 aliphatic rings. The topological polar surface area (TPSA) is 64.5 Å². The molecule has 1 amide bonds. The first kappa shape index (κ1) is 16.0. The molecule has 2 atom stereocenters. The molecule has 0 bridgehead atoms. The maximum Gasteiger partial charge on any atom is 0.252 e. The van der Waals surface area contributed by atoms with Crippen LogP contribution in [0.15, 0.2) is 42.6 Å². The van der Waals surface area contributed by atoms with E-state index in [4.69, 9.17) is 9.47 Å². The molecule has 1 saturated heterocycles. The number of hydrogen-bond acceptors (Lipinski definition) is 5. The summed E-state index contributed by atoms with van der Waals surface area (Å²) >= 11 is 0. The minimum Gasteiger partial charge on any atom is -0.471 e. The van der Waals surface area contributed by atoms with E-state index in [9.17, 15) is 4.79 Å². The Kier molecular flexibility index (Phi) is 4.61. The minimum absolute atomic E-state index is 0.0507. The Hall–Kier alpha value is -2.47. The second kappa shape index (κ2) is 7.19. The highest BCUT2D eigenvalue weighted by molar-refractivity contribution is 5.81. The predicted molar refractivity (Wildman–Crippen MR) is 91.0 cm³/mol. The van der Waals surface area contributed by atoms with Gasteiger partial charge in [-0.1, -0.05) is 24.3 Å². The van der Waals surface area contributed by atoms with Gasteiger partial charge in [0, 0.05) is 25.2 Å². The van der Waals surface area contributed by atoms with Crippen LogP contribution in [0.2, 0.25) is 0 Å². The Morgan fingerprint density at radius 2 is 2.08 bits per heavy atom. The summed E-state index contributed by atoms with van der Waals surface area (Å²) in [5, 5.41) is 7.78. The fraction of sp³-hybridized carbons (Fsp3) is 0.421. The molecular weight excluding hydrogens is 318 g/mol. The van der Waals surface area contributed by atoms with Gasteiger partial charge in [-0.2, -0.15) is 5.10 Å². The minimum atomic E-state index is -0.398. The first-order valence-corrected chi connectivity index (χ1v) is 8.71. The van der Waals surface area contributed by atoms with Crippen LogP contribution in [0, 0.1) is 0 Å². The fourth-order valence-corrected chi connectivity index (χ4v) is 3.46. The molecule has 130 valence electrons. The van der Waals surface area contributed by atoms with E-state index >= 15 is 0 Å². The lowest BCUT2D eigenvalue weighted by molar-refractivity contribution is -0.148. The third-order valence-electron chi connectivity index (χ3n) is 4.76. The van der Waals surface area contributed by atoms with Gasteiger partial charge in [-0.25, -0.2) is 0 Å². The number of fused-ring (bicyclic) bond motifs is 1. The quantitative estimate of drug-likeness (QED) is 0.856. The SMILES string of the molecule is O=C([C@@H]1Cc2ccccc2CO1)N1CCC[C@@H](Oc2cccnn2)C1. The molecule has 0 saturated carbocycles. The zero-order valence-electron chi connectivity index (χ0n) is 14.0. The maximum atomic E-state index is 12.9. The fourth-order valence-electron chi connectivity index (χ4n) is 3.46. The molecule has 2 aliphatic heterocycles. The zero-order chi connectivity index (χ0) is 17.1. The van der Waals surface area contributed by atoms with Crippen LogP contribution >= 0.6 is 0 Å². The van der Waals surface area contributed by atoms with Gasteiger partial charge in [0.05, 0.1) is 13.2 Å². The van der Waals surface area contributed by atoms with Crippen molar-refractivity contribution >= 4 is 5.91 Å². The number of nitrogens with zero attached hydrogens (tertiary/aromatic N) is 3. The summed E-state index contributed by atoms with van der Waals surface area (Å²) in [6, 6.07) is 11.7. The molecule has 0 unspecified atom stereocenters. The number of aromatic nitrogens is 2. The van der Waals surface area contributed by atoms with Crippen molar-refractivity contribution in [3.63, 3.8) is 0 Å². The van der Waals surface area contributed by atoms with E-state index in [1.807, 2.05) is 17.0 Å². The van der Waals surface area contributed by atoms with Crippen LogP contribution in [0.5, 0.6) is 5.88 Å².